The van der Waals surface area contributed by atoms with Crippen molar-refractivity contribution in [3.05, 3.63) is 24.4 Å². The first-order valence-electron chi connectivity index (χ1n) is 10.2. The van der Waals surface area contributed by atoms with Gasteiger partial charge in [-0.05, 0) is 25.3 Å². The van der Waals surface area contributed by atoms with E-state index in [0.29, 0.717) is 24.5 Å². The Kier molecular flexibility index (Phi) is 4.64. The highest BCUT2D eigenvalue weighted by molar-refractivity contribution is 7.88. The van der Waals surface area contributed by atoms with Gasteiger partial charge in [0.25, 0.3) is 0 Å². The number of benzene rings is 1. The highest BCUT2D eigenvalue weighted by Gasteiger charge is 2.44. The number of sulfonamides is 1. The fraction of sp³-hybridized carbons (Fsp3) is 0.600. The number of nitrogens with one attached hydrogen (secondary N) is 1. The van der Waals surface area contributed by atoms with Gasteiger partial charge in [-0.15, -0.1) is 0 Å². The van der Waals surface area contributed by atoms with Gasteiger partial charge in [-0.1, -0.05) is 12.1 Å². The maximum atomic E-state index is 11.7. The highest BCUT2D eigenvalue weighted by Crippen LogP contribution is 2.40. The van der Waals surface area contributed by atoms with Crippen molar-refractivity contribution in [3.8, 4) is 0 Å². The predicted octanol–water partition coefficient (Wildman–Crippen LogP) is 1.69. The molecule has 1 spiro atoms. The fourth-order valence-electron chi connectivity index (χ4n) is 4.65. The van der Waals surface area contributed by atoms with Crippen molar-refractivity contribution in [1.29, 1.82) is 0 Å². The van der Waals surface area contributed by atoms with Gasteiger partial charge in [0, 0.05) is 49.2 Å². The summed E-state index contributed by atoms with van der Waals surface area (Å²) in [7, 11) is -3.11. The SMILES string of the molecule is CS(=O)(=O)N1CCC(Nc2ncc3cccc(N4CCC5(COC5)C4)c3n2)CC1. The van der Waals surface area contributed by atoms with Crippen molar-refractivity contribution in [1.82, 2.24) is 14.3 Å². The quantitative estimate of drug-likeness (QED) is 0.810. The number of hydrogen-bond acceptors (Lipinski definition) is 7. The van der Waals surface area contributed by atoms with Gasteiger partial charge in [0.05, 0.1) is 30.7 Å². The van der Waals surface area contributed by atoms with E-state index in [1.807, 2.05) is 12.3 Å². The molecule has 8 nitrogen and oxygen atoms in total. The molecular formula is C20H27N5O3S. The van der Waals surface area contributed by atoms with Crippen molar-refractivity contribution in [2.24, 2.45) is 5.41 Å². The first kappa shape index (κ1) is 19.0. The molecule has 29 heavy (non-hydrogen) atoms. The summed E-state index contributed by atoms with van der Waals surface area (Å²) in [5, 5.41) is 4.45. The molecule has 0 radical (unpaired) electrons. The van der Waals surface area contributed by atoms with Crippen LogP contribution in [-0.4, -0.2) is 74.4 Å². The zero-order valence-corrected chi connectivity index (χ0v) is 17.5. The summed E-state index contributed by atoms with van der Waals surface area (Å²) in [5.74, 6) is 0.614. The van der Waals surface area contributed by atoms with Gasteiger partial charge in [-0.3, -0.25) is 0 Å². The molecule has 0 saturated carbocycles. The number of aromatic nitrogens is 2. The summed E-state index contributed by atoms with van der Waals surface area (Å²) < 4.78 is 30.4. The van der Waals surface area contributed by atoms with Crippen LogP contribution >= 0.6 is 0 Å². The van der Waals surface area contributed by atoms with Gasteiger partial charge in [-0.25, -0.2) is 22.7 Å². The van der Waals surface area contributed by atoms with Crippen LogP contribution in [0.25, 0.3) is 10.9 Å². The number of para-hydroxylation sites is 1. The Labute approximate surface area is 171 Å². The number of fused-ring (bicyclic) bond motifs is 1. The lowest BCUT2D eigenvalue weighted by atomic mass is 9.85. The van der Waals surface area contributed by atoms with E-state index in [9.17, 15) is 8.42 Å². The largest absolute Gasteiger partial charge is 0.380 e. The van der Waals surface area contributed by atoms with E-state index in [-0.39, 0.29) is 6.04 Å². The third-order valence-electron chi connectivity index (χ3n) is 6.44. The lowest BCUT2D eigenvalue weighted by Crippen LogP contribution is -2.44. The van der Waals surface area contributed by atoms with Crippen LogP contribution in [0.4, 0.5) is 11.6 Å². The molecule has 4 heterocycles. The molecule has 0 atom stereocenters. The molecule has 0 unspecified atom stereocenters. The van der Waals surface area contributed by atoms with Crippen molar-refractivity contribution >= 4 is 32.6 Å². The van der Waals surface area contributed by atoms with E-state index >= 15 is 0 Å². The summed E-state index contributed by atoms with van der Waals surface area (Å²) >= 11 is 0. The van der Waals surface area contributed by atoms with Crippen LogP contribution in [0.15, 0.2) is 24.4 Å². The van der Waals surface area contributed by atoms with E-state index in [4.69, 9.17) is 9.72 Å². The lowest BCUT2D eigenvalue weighted by Gasteiger charge is -2.37. The van der Waals surface area contributed by atoms with E-state index in [0.717, 1.165) is 55.7 Å². The fourth-order valence-corrected chi connectivity index (χ4v) is 5.52. The first-order chi connectivity index (χ1) is 13.9. The number of rotatable bonds is 4. The van der Waals surface area contributed by atoms with Crippen LogP contribution < -0.4 is 10.2 Å². The third kappa shape index (κ3) is 3.67. The Morgan fingerprint density at radius 3 is 2.66 bits per heavy atom. The molecule has 1 aromatic carbocycles. The smallest absolute Gasteiger partial charge is 0.223 e. The standard InChI is InChI=1S/C20H27N5O3S/c1-29(26,27)25-8-5-16(6-9-25)22-19-21-11-15-3-2-4-17(18(15)23-19)24-10-7-20(12-24)13-28-14-20/h2-4,11,16H,5-10,12-14H2,1H3,(H,21,22,23). The molecule has 1 N–H and O–H groups in total. The Hall–Kier alpha value is -1.97. The molecule has 3 fully saturated rings. The number of piperidine rings is 1. The minimum absolute atomic E-state index is 0.180. The Morgan fingerprint density at radius 2 is 2.00 bits per heavy atom. The van der Waals surface area contributed by atoms with Gasteiger partial charge >= 0.3 is 0 Å². The molecule has 3 aliphatic rings. The van der Waals surface area contributed by atoms with Crippen LogP contribution in [-0.2, 0) is 14.8 Å². The Balaban J connectivity index is 1.34. The summed E-state index contributed by atoms with van der Waals surface area (Å²) in [4.78, 5) is 11.8. The molecule has 0 aliphatic carbocycles. The molecule has 9 heteroatoms. The Bertz CT molecular complexity index is 1020. The summed E-state index contributed by atoms with van der Waals surface area (Å²) in [6.45, 7) is 4.84. The van der Waals surface area contributed by atoms with Crippen molar-refractivity contribution in [2.75, 3.05) is 55.9 Å². The molecule has 0 bridgehead atoms. The van der Waals surface area contributed by atoms with E-state index in [1.165, 1.54) is 17.0 Å². The minimum Gasteiger partial charge on any atom is -0.380 e. The first-order valence-corrected chi connectivity index (χ1v) is 12.1. The zero-order valence-electron chi connectivity index (χ0n) is 16.7. The van der Waals surface area contributed by atoms with Crippen molar-refractivity contribution in [3.63, 3.8) is 0 Å². The van der Waals surface area contributed by atoms with Gasteiger partial charge in [0.15, 0.2) is 0 Å². The molecule has 156 valence electrons. The topological polar surface area (TPSA) is 87.7 Å². The summed E-state index contributed by atoms with van der Waals surface area (Å²) in [5.41, 5.74) is 2.45. The normalized spacial score (nSPS) is 22.9. The molecule has 0 amide bonds. The maximum absolute atomic E-state index is 11.7. The number of anilines is 2. The van der Waals surface area contributed by atoms with Gasteiger partial charge in [0.2, 0.25) is 16.0 Å². The number of ether oxygens (including phenoxy) is 1. The zero-order chi connectivity index (χ0) is 20.1. The van der Waals surface area contributed by atoms with Gasteiger partial charge in [-0.2, -0.15) is 0 Å². The maximum Gasteiger partial charge on any atom is 0.223 e. The van der Waals surface area contributed by atoms with Crippen molar-refractivity contribution in [2.45, 2.75) is 25.3 Å². The second-order valence-electron chi connectivity index (χ2n) is 8.65. The molecule has 1 aromatic heterocycles. The van der Waals surface area contributed by atoms with Gasteiger partial charge < -0.3 is 15.0 Å². The predicted molar refractivity (Wildman–Crippen MR) is 113 cm³/mol. The second-order valence-corrected chi connectivity index (χ2v) is 10.6. The molecule has 5 rings (SSSR count). The van der Waals surface area contributed by atoms with Gasteiger partial charge in [0.1, 0.15) is 0 Å². The van der Waals surface area contributed by atoms with Crippen LogP contribution in [0.2, 0.25) is 0 Å². The highest BCUT2D eigenvalue weighted by atomic mass is 32.2. The van der Waals surface area contributed by atoms with Crippen LogP contribution in [0.3, 0.4) is 0 Å². The molecule has 2 aromatic rings. The number of hydrogen-bond donors (Lipinski definition) is 1. The molecular weight excluding hydrogens is 390 g/mol. The molecule has 3 aliphatic heterocycles. The second kappa shape index (κ2) is 7.07. The summed E-state index contributed by atoms with van der Waals surface area (Å²) in [6.07, 6.45) is 5.82. The van der Waals surface area contributed by atoms with E-state index in [1.54, 1.807) is 0 Å². The Morgan fingerprint density at radius 1 is 1.21 bits per heavy atom. The monoisotopic (exact) mass is 417 g/mol. The molecule has 3 saturated heterocycles. The van der Waals surface area contributed by atoms with Crippen molar-refractivity contribution < 1.29 is 13.2 Å². The third-order valence-corrected chi connectivity index (χ3v) is 7.74. The van der Waals surface area contributed by atoms with E-state index in [2.05, 4.69) is 27.3 Å². The minimum atomic E-state index is -3.11. The lowest BCUT2D eigenvalue weighted by molar-refractivity contribution is -0.0985. The van der Waals surface area contributed by atoms with Crippen LogP contribution in [0.1, 0.15) is 19.3 Å². The van der Waals surface area contributed by atoms with Crippen LogP contribution in [0, 0.1) is 5.41 Å². The average Bonchev–Trinajstić information content (AvgIpc) is 3.13. The van der Waals surface area contributed by atoms with Crippen LogP contribution in [0.5, 0.6) is 0 Å². The van der Waals surface area contributed by atoms with E-state index < -0.39 is 10.0 Å². The number of nitrogens with zero attached hydrogens (tertiary/aromatic N) is 4. The average molecular weight is 418 g/mol. The summed E-state index contributed by atoms with van der Waals surface area (Å²) in [6, 6.07) is 6.44.